The molecule has 0 saturated heterocycles. The van der Waals surface area contributed by atoms with Crippen molar-refractivity contribution in [1.29, 1.82) is 0 Å². The Morgan fingerprint density at radius 2 is 2.11 bits per heavy atom. The molecule has 0 bridgehead atoms. The molecule has 2 N–H and O–H groups in total. The Morgan fingerprint density at radius 1 is 1.33 bits per heavy atom. The average Bonchev–Trinajstić information content (AvgIpc) is 2.37. The van der Waals surface area contributed by atoms with Crippen LogP contribution in [0.1, 0.15) is 16.1 Å². The van der Waals surface area contributed by atoms with E-state index in [1.165, 1.54) is 11.1 Å². The van der Waals surface area contributed by atoms with Crippen molar-refractivity contribution in [2.24, 2.45) is 0 Å². The smallest absolute Gasteiger partial charge is 0.258 e. The van der Waals surface area contributed by atoms with E-state index in [9.17, 15) is 4.79 Å². The summed E-state index contributed by atoms with van der Waals surface area (Å²) in [5.74, 6) is -0.126. The van der Waals surface area contributed by atoms with E-state index < -0.39 is 0 Å². The summed E-state index contributed by atoms with van der Waals surface area (Å²) in [4.78, 5) is 21.7. The first-order valence-corrected chi connectivity index (χ1v) is 5.50. The molecule has 0 radical (unpaired) electrons. The van der Waals surface area contributed by atoms with E-state index in [0.29, 0.717) is 16.9 Å². The van der Waals surface area contributed by atoms with Gasteiger partial charge in [0, 0.05) is 30.7 Å². The molecule has 2 aromatic rings. The maximum absolute atomic E-state index is 12.3. The van der Waals surface area contributed by atoms with Crippen molar-refractivity contribution >= 4 is 17.3 Å². The molecule has 2 rings (SSSR count). The summed E-state index contributed by atoms with van der Waals surface area (Å²) in [6.45, 7) is 1.84. The highest BCUT2D eigenvalue weighted by atomic mass is 16.2. The summed E-state index contributed by atoms with van der Waals surface area (Å²) in [6, 6.07) is 5.14. The van der Waals surface area contributed by atoms with Crippen molar-refractivity contribution in [1.82, 2.24) is 9.97 Å². The Kier molecular flexibility index (Phi) is 3.23. The maximum atomic E-state index is 12.3. The van der Waals surface area contributed by atoms with Gasteiger partial charge in [0.2, 0.25) is 0 Å². The minimum absolute atomic E-state index is 0.126. The van der Waals surface area contributed by atoms with E-state index in [-0.39, 0.29) is 5.91 Å². The number of nitrogen functional groups attached to an aromatic ring is 1. The molecule has 2 aromatic heterocycles. The monoisotopic (exact) mass is 242 g/mol. The fourth-order valence-electron chi connectivity index (χ4n) is 1.69. The molecule has 92 valence electrons. The van der Waals surface area contributed by atoms with E-state index >= 15 is 0 Å². The molecule has 0 aliphatic rings. The summed E-state index contributed by atoms with van der Waals surface area (Å²) < 4.78 is 0. The highest BCUT2D eigenvalue weighted by Gasteiger charge is 2.15. The number of nitrogens with zero attached hydrogens (tertiary/aromatic N) is 3. The minimum atomic E-state index is -0.126. The Labute approximate surface area is 105 Å². The predicted molar refractivity (Wildman–Crippen MR) is 70.4 cm³/mol. The number of nitrogens with two attached hydrogens (primary N) is 1. The molecule has 0 aliphatic heterocycles. The predicted octanol–water partition coefficient (Wildman–Crippen LogP) is 1.64. The molecule has 0 atom stereocenters. The Morgan fingerprint density at radius 3 is 2.78 bits per heavy atom. The topological polar surface area (TPSA) is 72.1 Å². The molecule has 5 nitrogen and oxygen atoms in total. The SMILES string of the molecule is Cc1cc(C(=O)N(C)c2ccncc2N)ccn1. The first kappa shape index (κ1) is 12.0. The van der Waals surface area contributed by atoms with Crippen LogP contribution in [0.3, 0.4) is 0 Å². The van der Waals surface area contributed by atoms with Gasteiger partial charge in [-0.3, -0.25) is 14.8 Å². The van der Waals surface area contributed by atoms with E-state index in [2.05, 4.69) is 9.97 Å². The number of hydrogen-bond acceptors (Lipinski definition) is 4. The third-order valence-corrected chi connectivity index (χ3v) is 2.64. The first-order chi connectivity index (χ1) is 8.59. The van der Waals surface area contributed by atoms with E-state index in [4.69, 9.17) is 5.73 Å². The quantitative estimate of drug-likeness (QED) is 0.869. The molecule has 1 amide bonds. The third kappa shape index (κ3) is 2.29. The molecular weight excluding hydrogens is 228 g/mol. The molecule has 5 heteroatoms. The van der Waals surface area contributed by atoms with Crippen LogP contribution in [0.5, 0.6) is 0 Å². The molecule has 0 aliphatic carbocycles. The number of pyridine rings is 2. The van der Waals surface area contributed by atoms with Crippen LogP contribution >= 0.6 is 0 Å². The summed E-state index contributed by atoms with van der Waals surface area (Å²) >= 11 is 0. The molecule has 0 aromatic carbocycles. The fraction of sp³-hybridized carbons (Fsp3) is 0.154. The van der Waals surface area contributed by atoms with E-state index in [1.54, 1.807) is 37.6 Å². The number of carbonyl (C=O) groups excluding carboxylic acids is 1. The molecule has 18 heavy (non-hydrogen) atoms. The number of amides is 1. The maximum Gasteiger partial charge on any atom is 0.258 e. The Balaban J connectivity index is 2.32. The lowest BCUT2D eigenvalue weighted by atomic mass is 10.2. The zero-order valence-electron chi connectivity index (χ0n) is 10.3. The third-order valence-electron chi connectivity index (χ3n) is 2.64. The van der Waals surface area contributed by atoms with Crippen molar-refractivity contribution in [3.05, 3.63) is 48.0 Å². The highest BCUT2D eigenvalue weighted by molar-refractivity contribution is 6.07. The van der Waals surface area contributed by atoms with E-state index in [0.717, 1.165) is 5.69 Å². The number of carbonyl (C=O) groups is 1. The number of rotatable bonds is 2. The van der Waals surface area contributed by atoms with Crippen LogP contribution in [0, 0.1) is 6.92 Å². The van der Waals surface area contributed by atoms with Gasteiger partial charge in [-0.2, -0.15) is 0 Å². The van der Waals surface area contributed by atoms with Crippen molar-refractivity contribution in [3.8, 4) is 0 Å². The van der Waals surface area contributed by atoms with Gasteiger partial charge in [0.1, 0.15) is 0 Å². The van der Waals surface area contributed by atoms with Gasteiger partial charge in [-0.05, 0) is 25.1 Å². The summed E-state index contributed by atoms with van der Waals surface area (Å²) in [5.41, 5.74) is 8.30. The lowest BCUT2D eigenvalue weighted by Gasteiger charge is -2.18. The van der Waals surface area contributed by atoms with Crippen LogP contribution in [0.25, 0.3) is 0 Å². The molecule has 2 heterocycles. The average molecular weight is 242 g/mol. The second-order valence-corrected chi connectivity index (χ2v) is 3.98. The van der Waals surface area contributed by atoms with Gasteiger partial charge in [0.05, 0.1) is 17.6 Å². The van der Waals surface area contributed by atoms with Crippen molar-refractivity contribution in [3.63, 3.8) is 0 Å². The summed E-state index contributed by atoms with van der Waals surface area (Å²) in [7, 11) is 1.68. The Hall–Kier alpha value is -2.43. The van der Waals surface area contributed by atoms with Gasteiger partial charge < -0.3 is 10.6 Å². The van der Waals surface area contributed by atoms with Crippen LogP contribution in [0.2, 0.25) is 0 Å². The summed E-state index contributed by atoms with van der Waals surface area (Å²) in [6.07, 6.45) is 4.75. The van der Waals surface area contributed by atoms with E-state index in [1.807, 2.05) is 6.92 Å². The first-order valence-electron chi connectivity index (χ1n) is 5.50. The normalized spacial score (nSPS) is 10.1. The van der Waals surface area contributed by atoms with Gasteiger partial charge in [0.15, 0.2) is 0 Å². The lowest BCUT2D eigenvalue weighted by Crippen LogP contribution is -2.27. The van der Waals surface area contributed by atoms with Crippen molar-refractivity contribution in [2.75, 3.05) is 17.7 Å². The van der Waals surface area contributed by atoms with Gasteiger partial charge in [-0.25, -0.2) is 0 Å². The zero-order valence-corrected chi connectivity index (χ0v) is 10.3. The van der Waals surface area contributed by atoms with Crippen molar-refractivity contribution in [2.45, 2.75) is 6.92 Å². The number of aromatic nitrogens is 2. The largest absolute Gasteiger partial charge is 0.396 e. The zero-order chi connectivity index (χ0) is 13.1. The van der Waals surface area contributed by atoms with Crippen LogP contribution in [0.4, 0.5) is 11.4 Å². The second-order valence-electron chi connectivity index (χ2n) is 3.98. The second kappa shape index (κ2) is 4.83. The van der Waals surface area contributed by atoms with Gasteiger partial charge in [-0.1, -0.05) is 0 Å². The molecule has 0 fully saturated rings. The van der Waals surface area contributed by atoms with Gasteiger partial charge in [0.25, 0.3) is 5.91 Å². The minimum Gasteiger partial charge on any atom is -0.396 e. The standard InChI is InChI=1S/C13H14N4O/c1-9-7-10(3-6-16-9)13(18)17(2)12-4-5-15-8-11(12)14/h3-8H,14H2,1-2H3. The van der Waals surface area contributed by atoms with Crippen LogP contribution in [-0.2, 0) is 0 Å². The molecule has 0 unspecified atom stereocenters. The summed E-state index contributed by atoms with van der Waals surface area (Å²) in [5, 5.41) is 0. The number of aryl methyl sites for hydroxylation is 1. The molecule has 0 saturated carbocycles. The highest BCUT2D eigenvalue weighted by Crippen LogP contribution is 2.21. The fourth-order valence-corrected chi connectivity index (χ4v) is 1.69. The number of hydrogen-bond donors (Lipinski definition) is 1. The Bertz CT molecular complexity index is 583. The van der Waals surface area contributed by atoms with Crippen LogP contribution < -0.4 is 10.6 Å². The van der Waals surface area contributed by atoms with Gasteiger partial charge >= 0.3 is 0 Å². The van der Waals surface area contributed by atoms with Crippen molar-refractivity contribution < 1.29 is 4.79 Å². The molecular formula is C13H14N4O. The molecule has 0 spiro atoms. The van der Waals surface area contributed by atoms with Crippen LogP contribution in [0.15, 0.2) is 36.8 Å². The number of anilines is 2. The van der Waals surface area contributed by atoms with Gasteiger partial charge in [-0.15, -0.1) is 0 Å². The van der Waals surface area contributed by atoms with Crippen LogP contribution in [-0.4, -0.2) is 22.9 Å². The lowest BCUT2D eigenvalue weighted by molar-refractivity contribution is 0.0993.